The number of benzene rings is 2. The first-order chi connectivity index (χ1) is 12.3. The van der Waals surface area contributed by atoms with Crippen molar-refractivity contribution in [2.24, 2.45) is 0 Å². The van der Waals surface area contributed by atoms with Crippen LogP contribution in [0.4, 0.5) is 15.8 Å². The summed E-state index contributed by atoms with van der Waals surface area (Å²) in [5, 5.41) is 12.7. The topological polar surface area (TPSA) is 108 Å². The average Bonchev–Trinajstić information content (AvgIpc) is 2.61. The van der Waals surface area contributed by atoms with Crippen LogP contribution in [-0.4, -0.2) is 30.0 Å². The lowest BCUT2D eigenvalue weighted by Crippen LogP contribution is -2.23. The molecule has 0 fully saturated rings. The largest absolute Gasteiger partial charge is 0.482 e. The molecule has 0 aliphatic rings. The predicted molar refractivity (Wildman–Crippen MR) is 89.6 cm³/mol. The maximum Gasteiger partial charge on any atom is 0.344 e. The van der Waals surface area contributed by atoms with Gasteiger partial charge in [0.15, 0.2) is 13.2 Å². The number of hydrogen-bond acceptors (Lipinski definition) is 6. The number of nitro benzene ring substituents is 1. The Hall–Kier alpha value is -3.20. The van der Waals surface area contributed by atoms with Gasteiger partial charge in [-0.05, 0) is 30.3 Å². The molecule has 26 heavy (non-hydrogen) atoms. The van der Waals surface area contributed by atoms with E-state index in [1.165, 1.54) is 36.4 Å². The summed E-state index contributed by atoms with van der Waals surface area (Å²) in [7, 11) is 0. The predicted octanol–water partition coefficient (Wildman–Crippen LogP) is 2.95. The highest BCUT2D eigenvalue weighted by Gasteiger charge is 2.11. The van der Waals surface area contributed by atoms with Crippen LogP contribution in [0.5, 0.6) is 5.75 Å². The van der Waals surface area contributed by atoms with Crippen LogP contribution in [0, 0.1) is 15.9 Å². The van der Waals surface area contributed by atoms with Gasteiger partial charge >= 0.3 is 5.97 Å². The minimum Gasteiger partial charge on any atom is -0.482 e. The Morgan fingerprint density at radius 3 is 2.46 bits per heavy atom. The van der Waals surface area contributed by atoms with Crippen LogP contribution in [0.3, 0.4) is 0 Å². The summed E-state index contributed by atoms with van der Waals surface area (Å²) in [6, 6.07) is 8.71. The molecule has 0 spiro atoms. The molecule has 8 nitrogen and oxygen atoms in total. The smallest absolute Gasteiger partial charge is 0.344 e. The van der Waals surface area contributed by atoms with Gasteiger partial charge in [-0.25, -0.2) is 9.18 Å². The lowest BCUT2D eigenvalue weighted by molar-refractivity contribution is -0.384. The number of hydrogen-bond donors (Lipinski definition) is 1. The summed E-state index contributed by atoms with van der Waals surface area (Å²) in [6.45, 7) is -1.05. The fourth-order valence-electron chi connectivity index (χ4n) is 1.77. The number of amides is 1. The van der Waals surface area contributed by atoms with E-state index in [0.717, 1.165) is 6.07 Å². The number of ether oxygens (including phenoxy) is 2. The van der Waals surface area contributed by atoms with Crippen molar-refractivity contribution < 1.29 is 28.4 Å². The van der Waals surface area contributed by atoms with E-state index in [-0.39, 0.29) is 22.1 Å². The summed E-state index contributed by atoms with van der Waals surface area (Å²) in [5.41, 5.74) is 0.136. The highest BCUT2D eigenvalue weighted by Crippen LogP contribution is 2.19. The van der Waals surface area contributed by atoms with Crippen molar-refractivity contribution in [3.05, 3.63) is 63.4 Å². The van der Waals surface area contributed by atoms with E-state index in [2.05, 4.69) is 5.32 Å². The van der Waals surface area contributed by atoms with Gasteiger partial charge in [0.25, 0.3) is 11.6 Å². The highest BCUT2D eigenvalue weighted by atomic mass is 35.5. The second-order valence-corrected chi connectivity index (χ2v) is 5.28. The Bertz CT molecular complexity index is 828. The van der Waals surface area contributed by atoms with E-state index in [4.69, 9.17) is 21.1 Å². The summed E-state index contributed by atoms with van der Waals surface area (Å²) < 4.78 is 22.8. The monoisotopic (exact) mass is 382 g/mol. The second-order valence-electron chi connectivity index (χ2n) is 4.88. The maximum absolute atomic E-state index is 13.0. The quantitative estimate of drug-likeness (QED) is 0.448. The van der Waals surface area contributed by atoms with E-state index in [9.17, 15) is 24.1 Å². The Balaban J connectivity index is 1.74. The zero-order valence-electron chi connectivity index (χ0n) is 13.1. The zero-order chi connectivity index (χ0) is 19.1. The van der Waals surface area contributed by atoms with Gasteiger partial charge in [-0.15, -0.1) is 0 Å². The number of rotatable bonds is 7. The van der Waals surface area contributed by atoms with Crippen molar-refractivity contribution in [2.75, 3.05) is 18.5 Å². The molecule has 0 heterocycles. The molecule has 0 saturated carbocycles. The van der Waals surface area contributed by atoms with Gasteiger partial charge in [0.2, 0.25) is 0 Å². The van der Waals surface area contributed by atoms with E-state index in [0.29, 0.717) is 0 Å². The molecule has 0 radical (unpaired) electrons. The van der Waals surface area contributed by atoms with E-state index < -0.39 is 35.8 Å². The summed E-state index contributed by atoms with van der Waals surface area (Å²) in [5.74, 6) is -1.84. The fraction of sp³-hybridized carbons (Fsp3) is 0.125. The van der Waals surface area contributed by atoms with Crippen molar-refractivity contribution in [3.8, 4) is 5.75 Å². The molecule has 0 atom stereocenters. The molecule has 0 bridgehead atoms. The number of anilines is 1. The van der Waals surface area contributed by atoms with Crippen molar-refractivity contribution in [2.45, 2.75) is 0 Å². The Morgan fingerprint density at radius 1 is 1.15 bits per heavy atom. The molecule has 0 unspecified atom stereocenters. The summed E-state index contributed by atoms with van der Waals surface area (Å²) in [4.78, 5) is 33.2. The average molecular weight is 383 g/mol. The minimum absolute atomic E-state index is 0.113. The van der Waals surface area contributed by atoms with Gasteiger partial charge in [-0.1, -0.05) is 11.6 Å². The van der Waals surface area contributed by atoms with Gasteiger partial charge in [-0.2, -0.15) is 0 Å². The van der Waals surface area contributed by atoms with Crippen LogP contribution in [-0.2, 0) is 14.3 Å². The minimum atomic E-state index is -0.810. The molecule has 0 saturated heterocycles. The number of nitrogens with zero attached hydrogens (tertiary/aromatic N) is 1. The second kappa shape index (κ2) is 8.77. The van der Waals surface area contributed by atoms with Crippen LogP contribution in [0.2, 0.25) is 5.02 Å². The number of nitrogens with one attached hydrogen (secondary N) is 1. The molecule has 2 aromatic carbocycles. The molecule has 10 heteroatoms. The number of esters is 1. The van der Waals surface area contributed by atoms with Crippen molar-refractivity contribution in [3.63, 3.8) is 0 Å². The molecule has 1 amide bonds. The summed E-state index contributed by atoms with van der Waals surface area (Å²) >= 11 is 5.59. The van der Waals surface area contributed by atoms with Crippen LogP contribution in [0.1, 0.15) is 0 Å². The Morgan fingerprint density at radius 2 is 1.85 bits per heavy atom. The van der Waals surface area contributed by atoms with E-state index in [1.54, 1.807) is 0 Å². The third kappa shape index (κ3) is 5.71. The first kappa shape index (κ1) is 19.1. The molecule has 2 aromatic rings. The molecule has 0 aromatic heterocycles. The highest BCUT2D eigenvalue weighted by molar-refractivity contribution is 6.31. The Kier molecular flexibility index (Phi) is 6.45. The first-order valence-electron chi connectivity index (χ1n) is 7.13. The number of carbonyl (C=O) groups is 2. The molecule has 136 valence electrons. The van der Waals surface area contributed by atoms with Gasteiger partial charge < -0.3 is 14.8 Å². The molecule has 0 aliphatic heterocycles. The van der Waals surface area contributed by atoms with Crippen LogP contribution < -0.4 is 10.1 Å². The third-order valence-corrected chi connectivity index (χ3v) is 3.26. The van der Waals surface area contributed by atoms with Crippen LogP contribution >= 0.6 is 11.6 Å². The molecule has 0 aliphatic carbocycles. The Labute approximate surface area is 151 Å². The lowest BCUT2D eigenvalue weighted by atomic mass is 10.3. The summed E-state index contributed by atoms with van der Waals surface area (Å²) in [6.07, 6.45) is 0. The van der Waals surface area contributed by atoms with Gasteiger partial charge in [-0.3, -0.25) is 14.9 Å². The van der Waals surface area contributed by atoms with E-state index >= 15 is 0 Å². The maximum atomic E-state index is 13.0. The fourth-order valence-corrected chi connectivity index (χ4v) is 1.95. The third-order valence-electron chi connectivity index (χ3n) is 2.97. The van der Waals surface area contributed by atoms with Gasteiger partial charge in [0.1, 0.15) is 11.6 Å². The lowest BCUT2D eigenvalue weighted by Gasteiger charge is -2.08. The van der Waals surface area contributed by atoms with Crippen LogP contribution in [0.15, 0.2) is 42.5 Å². The molecular formula is C16H12ClFN2O6. The van der Waals surface area contributed by atoms with Crippen molar-refractivity contribution in [1.82, 2.24) is 0 Å². The number of halogens is 2. The molecule has 1 N–H and O–H groups in total. The van der Waals surface area contributed by atoms with Crippen molar-refractivity contribution >= 4 is 34.9 Å². The number of carbonyl (C=O) groups excluding carboxylic acids is 2. The number of nitro groups is 1. The number of non-ortho nitro benzene ring substituents is 1. The standard InChI is InChI=1S/C16H12ClFN2O6/c17-13-7-10(1-6-14(13)18)19-15(21)8-26-16(22)9-25-12-4-2-11(3-5-12)20(23)24/h1-7H,8-9H2,(H,19,21). The molecule has 2 rings (SSSR count). The van der Waals surface area contributed by atoms with Gasteiger partial charge in [0, 0.05) is 17.8 Å². The SMILES string of the molecule is O=C(COC(=O)COc1ccc([N+](=O)[O-])cc1)Nc1ccc(F)c(Cl)c1. The first-order valence-corrected chi connectivity index (χ1v) is 7.51. The molecular weight excluding hydrogens is 371 g/mol. The van der Waals surface area contributed by atoms with Crippen molar-refractivity contribution in [1.29, 1.82) is 0 Å². The van der Waals surface area contributed by atoms with Crippen LogP contribution in [0.25, 0.3) is 0 Å². The van der Waals surface area contributed by atoms with Gasteiger partial charge in [0.05, 0.1) is 9.95 Å². The van der Waals surface area contributed by atoms with E-state index in [1.807, 2.05) is 0 Å². The zero-order valence-corrected chi connectivity index (χ0v) is 13.9. The normalized spacial score (nSPS) is 10.1.